The van der Waals surface area contributed by atoms with E-state index >= 15 is 0 Å². The first kappa shape index (κ1) is 14.0. The van der Waals surface area contributed by atoms with Crippen molar-refractivity contribution in [2.75, 3.05) is 11.9 Å². The molecule has 0 aliphatic rings. The lowest BCUT2D eigenvalue weighted by Gasteiger charge is -2.14. The highest BCUT2D eigenvalue weighted by Gasteiger charge is 2.18. The maximum absolute atomic E-state index is 13.6. The van der Waals surface area contributed by atoms with Crippen molar-refractivity contribution in [3.8, 4) is 0 Å². The number of benzene rings is 1. The molecule has 0 radical (unpaired) electrons. The summed E-state index contributed by atoms with van der Waals surface area (Å²) in [6, 6.07) is 3.35. The standard InChI is InChI=1S/C12H16FN3O2/c1-3-15-10-8(5-4-6-9(10)13)12(18)16-7(2)11(14)17/h4-7,15H,3H2,1-2H3,(H2,14,17)(H,16,18). The largest absolute Gasteiger partial charge is 0.382 e. The highest BCUT2D eigenvalue weighted by Crippen LogP contribution is 2.19. The summed E-state index contributed by atoms with van der Waals surface area (Å²) in [6.07, 6.45) is 0. The fourth-order valence-electron chi connectivity index (χ4n) is 1.42. The molecule has 1 unspecified atom stereocenters. The van der Waals surface area contributed by atoms with Crippen LogP contribution in [0.1, 0.15) is 24.2 Å². The second-order valence-electron chi connectivity index (χ2n) is 3.79. The van der Waals surface area contributed by atoms with E-state index in [2.05, 4.69) is 10.6 Å². The van der Waals surface area contributed by atoms with Crippen molar-refractivity contribution < 1.29 is 14.0 Å². The number of nitrogens with one attached hydrogen (secondary N) is 2. The van der Waals surface area contributed by atoms with Gasteiger partial charge in [0.2, 0.25) is 5.91 Å². The number of hydrogen-bond acceptors (Lipinski definition) is 3. The number of anilines is 1. The van der Waals surface area contributed by atoms with Crippen LogP contribution in [0.5, 0.6) is 0 Å². The van der Waals surface area contributed by atoms with Gasteiger partial charge in [-0.25, -0.2) is 4.39 Å². The summed E-state index contributed by atoms with van der Waals surface area (Å²) in [6.45, 7) is 3.74. The summed E-state index contributed by atoms with van der Waals surface area (Å²) in [7, 11) is 0. The van der Waals surface area contributed by atoms with E-state index in [4.69, 9.17) is 5.73 Å². The molecule has 0 heterocycles. The van der Waals surface area contributed by atoms with Gasteiger partial charge in [-0.15, -0.1) is 0 Å². The lowest BCUT2D eigenvalue weighted by molar-refractivity contribution is -0.119. The zero-order valence-corrected chi connectivity index (χ0v) is 10.3. The Bertz CT molecular complexity index is 463. The van der Waals surface area contributed by atoms with Gasteiger partial charge in [0.15, 0.2) is 0 Å². The molecule has 2 amide bonds. The second kappa shape index (κ2) is 6.00. The van der Waals surface area contributed by atoms with E-state index in [1.54, 1.807) is 6.92 Å². The van der Waals surface area contributed by atoms with Gasteiger partial charge in [0.1, 0.15) is 11.9 Å². The maximum atomic E-state index is 13.6. The molecule has 1 rings (SSSR count). The average Bonchev–Trinajstić information content (AvgIpc) is 2.31. The van der Waals surface area contributed by atoms with Crippen LogP contribution < -0.4 is 16.4 Å². The Morgan fingerprint density at radius 3 is 2.67 bits per heavy atom. The number of carbonyl (C=O) groups excluding carboxylic acids is 2. The van der Waals surface area contributed by atoms with Crippen molar-refractivity contribution in [1.82, 2.24) is 5.32 Å². The topological polar surface area (TPSA) is 84.2 Å². The molecule has 5 nitrogen and oxygen atoms in total. The van der Waals surface area contributed by atoms with Crippen LogP contribution in [0.4, 0.5) is 10.1 Å². The van der Waals surface area contributed by atoms with Gasteiger partial charge < -0.3 is 16.4 Å². The van der Waals surface area contributed by atoms with E-state index in [-0.39, 0.29) is 11.3 Å². The number of primary amides is 1. The highest BCUT2D eigenvalue weighted by atomic mass is 19.1. The minimum atomic E-state index is -0.810. The third-order valence-corrected chi connectivity index (χ3v) is 2.39. The molecule has 1 aromatic carbocycles. The quantitative estimate of drug-likeness (QED) is 0.727. The minimum Gasteiger partial charge on any atom is -0.382 e. The number of halogens is 1. The smallest absolute Gasteiger partial charge is 0.254 e. The average molecular weight is 253 g/mol. The van der Waals surface area contributed by atoms with Gasteiger partial charge in [0.25, 0.3) is 5.91 Å². The highest BCUT2D eigenvalue weighted by molar-refractivity contribution is 6.01. The second-order valence-corrected chi connectivity index (χ2v) is 3.79. The summed E-state index contributed by atoms with van der Waals surface area (Å²) < 4.78 is 13.6. The summed E-state index contributed by atoms with van der Waals surface area (Å²) in [4.78, 5) is 22.7. The van der Waals surface area contributed by atoms with E-state index in [1.807, 2.05) is 0 Å². The molecule has 0 fully saturated rings. The number of para-hydroxylation sites is 1. The van der Waals surface area contributed by atoms with Gasteiger partial charge >= 0.3 is 0 Å². The lowest BCUT2D eigenvalue weighted by atomic mass is 10.1. The summed E-state index contributed by atoms with van der Waals surface area (Å²) in [5.41, 5.74) is 5.31. The van der Waals surface area contributed by atoms with Gasteiger partial charge in [-0.1, -0.05) is 6.07 Å². The predicted octanol–water partition coefficient (Wildman–Crippen LogP) is 0.861. The molecule has 18 heavy (non-hydrogen) atoms. The van der Waals surface area contributed by atoms with Crippen LogP contribution in [-0.4, -0.2) is 24.4 Å². The van der Waals surface area contributed by atoms with Crippen LogP contribution in [0, 0.1) is 5.82 Å². The van der Waals surface area contributed by atoms with Crippen molar-refractivity contribution in [2.24, 2.45) is 5.73 Å². The van der Waals surface area contributed by atoms with Crippen molar-refractivity contribution in [3.63, 3.8) is 0 Å². The Balaban J connectivity index is 2.98. The molecular formula is C12H16FN3O2. The maximum Gasteiger partial charge on any atom is 0.254 e. The molecule has 0 bridgehead atoms. The normalized spacial score (nSPS) is 11.7. The summed E-state index contributed by atoms with van der Waals surface area (Å²) in [5, 5.41) is 5.18. The Hall–Kier alpha value is -2.11. The molecule has 0 saturated heterocycles. The van der Waals surface area contributed by atoms with Crippen LogP contribution in [0.25, 0.3) is 0 Å². The van der Waals surface area contributed by atoms with Crippen molar-refractivity contribution >= 4 is 17.5 Å². The number of amides is 2. The SMILES string of the molecule is CCNc1c(F)cccc1C(=O)NC(C)C(N)=O. The first-order chi connectivity index (χ1) is 8.47. The van der Waals surface area contributed by atoms with Crippen LogP contribution in [0.15, 0.2) is 18.2 Å². The molecule has 4 N–H and O–H groups in total. The number of hydrogen-bond donors (Lipinski definition) is 3. The molecule has 0 aliphatic carbocycles. The first-order valence-corrected chi connectivity index (χ1v) is 5.60. The first-order valence-electron chi connectivity index (χ1n) is 5.60. The number of carbonyl (C=O) groups is 2. The van der Waals surface area contributed by atoms with Crippen LogP contribution in [-0.2, 0) is 4.79 Å². The molecule has 0 saturated carbocycles. The molecule has 98 valence electrons. The third-order valence-electron chi connectivity index (χ3n) is 2.39. The molecule has 0 aromatic heterocycles. The fraction of sp³-hybridized carbons (Fsp3) is 0.333. The monoisotopic (exact) mass is 253 g/mol. The van der Waals surface area contributed by atoms with Crippen LogP contribution >= 0.6 is 0 Å². The number of rotatable bonds is 5. The van der Waals surface area contributed by atoms with E-state index in [0.717, 1.165) is 0 Å². The lowest BCUT2D eigenvalue weighted by Crippen LogP contribution is -2.42. The Morgan fingerprint density at radius 2 is 2.11 bits per heavy atom. The van der Waals surface area contributed by atoms with Gasteiger partial charge in [-0.3, -0.25) is 9.59 Å². The van der Waals surface area contributed by atoms with Gasteiger partial charge in [-0.2, -0.15) is 0 Å². The molecule has 1 aromatic rings. The van der Waals surface area contributed by atoms with Gasteiger partial charge in [0.05, 0.1) is 11.3 Å². The van der Waals surface area contributed by atoms with Crippen molar-refractivity contribution in [1.29, 1.82) is 0 Å². The van der Waals surface area contributed by atoms with Crippen molar-refractivity contribution in [2.45, 2.75) is 19.9 Å². The van der Waals surface area contributed by atoms with Crippen LogP contribution in [0.2, 0.25) is 0 Å². The van der Waals surface area contributed by atoms with Gasteiger partial charge in [0, 0.05) is 6.54 Å². The zero-order chi connectivity index (χ0) is 13.7. The Labute approximate surface area is 105 Å². The fourth-order valence-corrected chi connectivity index (χ4v) is 1.42. The summed E-state index contributed by atoms with van der Waals surface area (Å²) >= 11 is 0. The van der Waals surface area contributed by atoms with E-state index < -0.39 is 23.7 Å². The minimum absolute atomic E-state index is 0.120. The number of nitrogens with two attached hydrogens (primary N) is 1. The zero-order valence-electron chi connectivity index (χ0n) is 10.3. The predicted molar refractivity (Wildman–Crippen MR) is 66.7 cm³/mol. The Morgan fingerprint density at radius 1 is 1.44 bits per heavy atom. The van der Waals surface area contributed by atoms with Crippen molar-refractivity contribution in [3.05, 3.63) is 29.6 Å². The Kier molecular flexibility index (Phi) is 4.65. The third kappa shape index (κ3) is 3.19. The van der Waals surface area contributed by atoms with E-state index in [0.29, 0.717) is 6.54 Å². The van der Waals surface area contributed by atoms with E-state index in [9.17, 15) is 14.0 Å². The summed E-state index contributed by atoms with van der Waals surface area (Å²) in [5.74, 6) is -1.71. The molecule has 0 aliphatic heterocycles. The van der Waals surface area contributed by atoms with E-state index in [1.165, 1.54) is 25.1 Å². The molecule has 6 heteroatoms. The van der Waals surface area contributed by atoms with Gasteiger partial charge in [-0.05, 0) is 26.0 Å². The van der Waals surface area contributed by atoms with Crippen LogP contribution in [0.3, 0.4) is 0 Å². The molecule has 0 spiro atoms. The molecule has 1 atom stereocenters. The molecular weight excluding hydrogens is 237 g/mol.